The SMILES string of the molecule is Cc1cccc(C(=O)N(CC(N)=O)C2CCNCC2)c1I. The van der Waals surface area contributed by atoms with E-state index in [9.17, 15) is 9.59 Å². The van der Waals surface area contributed by atoms with E-state index in [0.717, 1.165) is 35.1 Å². The summed E-state index contributed by atoms with van der Waals surface area (Å²) in [6.07, 6.45) is 1.70. The zero-order valence-electron chi connectivity index (χ0n) is 12.1. The van der Waals surface area contributed by atoms with Crippen molar-refractivity contribution in [1.29, 1.82) is 0 Å². The molecule has 0 unspecified atom stereocenters. The van der Waals surface area contributed by atoms with Crippen molar-refractivity contribution in [3.63, 3.8) is 0 Å². The number of benzene rings is 1. The number of nitrogens with zero attached hydrogens (tertiary/aromatic N) is 1. The lowest BCUT2D eigenvalue weighted by atomic mass is 10.0. The molecule has 5 nitrogen and oxygen atoms in total. The number of nitrogens with one attached hydrogen (secondary N) is 1. The van der Waals surface area contributed by atoms with Gasteiger partial charge < -0.3 is 16.0 Å². The molecule has 1 aliphatic heterocycles. The summed E-state index contributed by atoms with van der Waals surface area (Å²) in [5, 5.41) is 3.27. The number of hydrogen-bond donors (Lipinski definition) is 2. The van der Waals surface area contributed by atoms with Gasteiger partial charge in [-0.1, -0.05) is 12.1 Å². The highest BCUT2D eigenvalue weighted by Crippen LogP contribution is 2.21. The summed E-state index contributed by atoms with van der Waals surface area (Å²) in [4.78, 5) is 25.8. The van der Waals surface area contributed by atoms with Crippen molar-refractivity contribution in [2.45, 2.75) is 25.8 Å². The molecule has 0 aliphatic carbocycles. The molecule has 21 heavy (non-hydrogen) atoms. The highest BCUT2D eigenvalue weighted by Gasteiger charge is 2.28. The lowest BCUT2D eigenvalue weighted by Crippen LogP contribution is -2.49. The van der Waals surface area contributed by atoms with E-state index >= 15 is 0 Å². The van der Waals surface area contributed by atoms with Crippen LogP contribution in [0.25, 0.3) is 0 Å². The van der Waals surface area contributed by atoms with Crippen LogP contribution in [0.2, 0.25) is 0 Å². The molecule has 6 heteroatoms. The minimum Gasteiger partial charge on any atom is -0.368 e. The fourth-order valence-electron chi connectivity index (χ4n) is 2.62. The van der Waals surface area contributed by atoms with Crippen molar-refractivity contribution in [2.75, 3.05) is 19.6 Å². The molecule has 1 aromatic carbocycles. The summed E-state index contributed by atoms with van der Waals surface area (Å²) in [7, 11) is 0. The van der Waals surface area contributed by atoms with Gasteiger partial charge in [0.2, 0.25) is 5.91 Å². The zero-order valence-corrected chi connectivity index (χ0v) is 14.2. The fourth-order valence-corrected chi connectivity index (χ4v) is 3.21. The fraction of sp³-hybridized carbons (Fsp3) is 0.467. The van der Waals surface area contributed by atoms with E-state index in [2.05, 4.69) is 27.9 Å². The van der Waals surface area contributed by atoms with Gasteiger partial charge in [0.25, 0.3) is 5.91 Å². The molecule has 0 bridgehead atoms. The standard InChI is InChI=1S/C15H20IN3O2/c1-10-3-2-4-12(14(10)16)15(21)19(9-13(17)20)11-5-7-18-8-6-11/h2-4,11,18H,5-9H2,1H3,(H2,17,20). The van der Waals surface area contributed by atoms with Gasteiger partial charge in [-0.15, -0.1) is 0 Å². The molecule has 0 spiro atoms. The average Bonchev–Trinajstić information content (AvgIpc) is 2.48. The minimum absolute atomic E-state index is 0.0203. The second-order valence-electron chi connectivity index (χ2n) is 5.32. The van der Waals surface area contributed by atoms with Crippen molar-refractivity contribution in [1.82, 2.24) is 10.2 Å². The molecule has 2 amide bonds. The Morgan fingerprint density at radius 1 is 1.38 bits per heavy atom. The smallest absolute Gasteiger partial charge is 0.255 e. The Balaban J connectivity index is 2.28. The van der Waals surface area contributed by atoms with Crippen LogP contribution >= 0.6 is 22.6 Å². The number of piperidine rings is 1. The van der Waals surface area contributed by atoms with E-state index in [1.165, 1.54) is 0 Å². The second kappa shape index (κ2) is 7.22. The van der Waals surface area contributed by atoms with Gasteiger partial charge in [-0.25, -0.2) is 0 Å². The molecule has 0 aromatic heterocycles. The molecule has 0 saturated carbocycles. The van der Waals surface area contributed by atoms with E-state index in [-0.39, 0.29) is 18.5 Å². The third-order valence-corrected chi connectivity index (χ3v) is 5.19. The van der Waals surface area contributed by atoms with Crippen LogP contribution in [0.3, 0.4) is 0 Å². The monoisotopic (exact) mass is 401 g/mol. The molecule has 0 atom stereocenters. The first-order valence-electron chi connectivity index (χ1n) is 7.06. The number of nitrogens with two attached hydrogens (primary N) is 1. The zero-order chi connectivity index (χ0) is 15.4. The first-order chi connectivity index (χ1) is 10.0. The van der Waals surface area contributed by atoms with Crippen LogP contribution in [0.15, 0.2) is 18.2 Å². The van der Waals surface area contributed by atoms with Crippen LogP contribution in [-0.4, -0.2) is 42.4 Å². The summed E-state index contributed by atoms with van der Waals surface area (Å²) in [6.45, 7) is 3.67. The molecule has 3 N–H and O–H groups in total. The molecular formula is C15H20IN3O2. The predicted molar refractivity (Wildman–Crippen MR) is 90.0 cm³/mol. The largest absolute Gasteiger partial charge is 0.368 e. The van der Waals surface area contributed by atoms with Crippen molar-refractivity contribution in [3.05, 3.63) is 32.9 Å². The molecular weight excluding hydrogens is 381 g/mol. The third kappa shape index (κ3) is 3.94. The van der Waals surface area contributed by atoms with Crippen molar-refractivity contribution < 1.29 is 9.59 Å². The maximum absolute atomic E-state index is 12.8. The summed E-state index contributed by atoms with van der Waals surface area (Å²) in [5.74, 6) is -0.571. The van der Waals surface area contributed by atoms with Crippen LogP contribution in [0, 0.1) is 10.5 Å². The number of hydrogen-bond acceptors (Lipinski definition) is 3. The Kier molecular flexibility index (Phi) is 5.58. The first-order valence-corrected chi connectivity index (χ1v) is 8.13. The molecule has 114 valence electrons. The van der Waals surface area contributed by atoms with Crippen LogP contribution in [-0.2, 0) is 4.79 Å². The molecule has 0 radical (unpaired) electrons. The third-order valence-electron chi connectivity index (χ3n) is 3.76. The number of carbonyl (C=O) groups is 2. The highest BCUT2D eigenvalue weighted by atomic mass is 127. The van der Waals surface area contributed by atoms with Crippen LogP contribution < -0.4 is 11.1 Å². The number of carbonyl (C=O) groups excluding carboxylic acids is 2. The first kappa shape index (κ1) is 16.2. The highest BCUT2D eigenvalue weighted by molar-refractivity contribution is 14.1. The Morgan fingerprint density at radius 3 is 2.67 bits per heavy atom. The van der Waals surface area contributed by atoms with Crippen molar-refractivity contribution in [2.24, 2.45) is 5.73 Å². The number of halogens is 1. The average molecular weight is 401 g/mol. The van der Waals surface area contributed by atoms with Crippen molar-refractivity contribution >= 4 is 34.4 Å². The predicted octanol–water partition coefficient (Wildman–Crippen LogP) is 1.28. The molecule has 1 aliphatic rings. The number of amides is 2. The summed E-state index contributed by atoms with van der Waals surface area (Å²) >= 11 is 2.18. The topological polar surface area (TPSA) is 75.4 Å². The Hall–Kier alpha value is -1.15. The van der Waals surface area contributed by atoms with Gasteiger partial charge in [-0.05, 0) is 67.1 Å². The van der Waals surface area contributed by atoms with Gasteiger partial charge in [0.05, 0.1) is 12.1 Å². The normalized spacial score (nSPS) is 15.7. The summed E-state index contributed by atoms with van der Waals surface area (Å²) in [6, 6.07) is 5.73. The van der Waals surface area contributed by atoms with Gasteiger partial charge in [0.15, 0.2) is 0 Å². The van der Waals surface area contributed by atoms with E-state index in [4.69, 9.17) is 5.73 Å². The second-order valence-corrected chi connectivity index (χ2v) is 6.40. The Morgan fingerprint density at radius 2 is 2.05 bits per heavy atom. The summed E-state index contributed by atoms with van der Waals surface area (Å²) in [5.41, 5.74) is 7.04. The Labute approximate surface area is 138 Å². The molecule has 1 aromatic rings. The maximum Gasteiger partial charge on any atom is 0.255 e. The maximum atomic E-state index is 12.8. The number of primary amides is 1. The molecule has 1 saturated heterocycles. The van der Waals surface area contributed by atoms with Crippen LogP contribution in [0.1, 0.15) is 28.8 Å². The lowest BCUT2D eigenvalue weighted by molar-refractivity contribution is -0.119. The molecule has 2 rings (SSSR count). The molecule has 1 fully saturated rings. The van der Waals surface area contributed by atoms with E-state index in [1.807, 2.05) is 25.1 Å². The van der Waals surface area contributed by atoms with Gasteiger partial charge in [0, 0.05) is 9.61 Å². The van der Waals surface area contributed by atoms with Gasteiger partial charge in [-0.2, -0.15) is 0 Å². The van der Waals surface area contributed by atoms with Gasteiger partial charge >= 0.3 is 0 Å². The van der Waals surface area contributed by atoms with Crippen LogP contribution in [0.4, 0.5) is 0 Å². The summed E-state index contributed by atoms with van der Waals surface area (Å²) < 4.78 is 0.934. The van der Waals surface area contributed by atoms with Crippen LogP contribution in [0.5, 0.6) is 0 Å². The van der Waals surface area contributed by atoms with Crippen molar-refractivity contribution in [3.8, 4) is 0 Å². The Bertz CT molecular complexity index is 542. The van der Waals surface area contributed by atoms with Gasteiger partial charge in [0.1, 0.15) is 0 Å². The quantitative estimate of drug-likeness (QED) is 0.747. The van der Waals surface area contributed by atoms with E-state index < -0.39 is 5.91 Å². The number of rotatable bonds is 4. The van der Waals surface area contributed by atoms with Gasteiger partial charge in [-0.3, -0.25) is 9.59 Å². The minimum atomic E-state index is -0.468. The molecule has 1 heterocycles. The van der Waals surface area contributed by atoms with E-state index in [0.29, 0.717) is 5.56 Å². The number of aryl methyl sites for hydroxylation is 1. The van der Waals surface area contributed by atoms with E-state index in [1.54, 1.807) is 4.90 Å². The lowest BCUT2D eigenvalue weighted by Gasteiger charge is -2.34.